The molecule has 4 saturated carbocycles. The molecule has 0 aromatic rings. The quantitative estimate of drug-likeness (QED) is 0.218. The molecular formula is C36H62O9. The molecule has 0 amide bonds. The van der Waals surface area contributed by atoms with Crippen LogP contribution in [0.4, 0.5) is 0 Å². The first-order valence-corrected chi connectivity index (χ1v) is 17.4. The SMILES string of the molecule is COC1OC(OCC(C)=CCCC(C)(O)C2CCC3(C)C2CCC2C4(C)CCC(O)C(C)(C)C4C(O)CC23C)C(O)C(O)C1O. The van der Waals surface area contributed by atoms with E-state index in [-0.39, 0.29) is 46.2 Å². The minimum Gasteiger partial charge on any atom is -0.393 e. The molecule has 5 rings (SSSR count). The number of hydrogen-bond acceptors (Lipinski definition) is 9. The number of aliphatic hydroxyl groups is 6. The highest BCUT2D eigenvalue weighted by molar-refractivity contribution is 5.20. The molecule has 1 aliphatic heterocycles. The Morgan fingerprint density at radius 3 is 2.22 bits per heavy atom. The van der Waals surface area contributed by atoms with E-state index in [1.165, 1.54) is 7.11 Å². The fourth-order valence-electron chi connectivity index (χ4n) is 11.9. The minimum atomic E-state index is -1.44. The van der Waals surface area contributed by atoms with Gasteiger partial charge in [0.15, 0.2) is 12.6 Å². The lowest BCUT2D eigenvalue weighted by molar-refractivity contribution is -0.343. The number of methoxy groups -OCH3 is 1. The fourth-order valence-corrected chi connectivity index (χ4v) is 11.9. The van der Waals surface area contributed by atoms with Crippen molar-refractivity contribution >= 4 is 0 Å². The van der Waals surface area contributed by atoms with Crippen molar-refractivity contribution in [3.63, 3.8) is 0 Å². The number of allylic oxidation sites excluding steroid dienone is 1. The average Bonchev–Trinajstić information content (AvgIpc) is 3.32. The second-order valence-corrected chi connectivity index (χ2v) is 17.2. The van der Waals surface area contributed by atoms with Crippen LogP contribution in [0.2, 0.25) is 0 Å². The van der Waals surface area contributed by atoms with Crippen LogP contribution in [0.3, 0.4) is 0 Å². The molecule has 1 saturated heterocycles. The molecule has 0 bridgehead atoms. The Morgan fingerprint density at radius 1 is 0.889 bits per heavy atom. The Hall–Kier alpha value is -0.620. The van der Waals surface area contributed by atoms with E-state index in [1.807, 2.05) is 19.9 Å². The van der Waals surface area contributed by atoms with Gasteiger partial charge in [0.25, 0.3) is 0 Å². The van der Waals surface area contributed by atoms with E-state index in [4.69, 9.17) is 14.2 Å². The van der Waals surface area contributed by atoms with Gasteiger partial charge >= 0.3 is 0 Å². The summed E-state index contributed by atoms with van der Waals surface area (Å²) in [7, 11) is 1.35. The lowest BCUT2D eigenvalue weighted by atomic mass is 9.35. The highest BCUT2D eigenvalue weighted by Crippen LogP contribution is 2.75. The summed E-state index contributed by atoms with van der Waals surface area (Å²) in [6, 6.07) is 0. The topological polar surface area (TPSA) is 149 Å². The van der Waals surface area contributed by atoms with Gasteiger partial charge in [0, 0.05) is 7.11 Å². The molecule has 0 aromatic heterocycles. The zero-order chi connectivity index (χ0) is 33.3. The van der Waals surface area contributed by atoms with Crippen molar-refractivity contribution < 1.29 is 44.8 Å². The normalized spacial score (nSPS) is 51.2. The first-order chi connectivity index (χ1) is 20.8. The third-order valence-corrected chi connectivity index (χ3v) is 14.4. The van der Waals surface area contributed by atoms with Crippen LogP contribution < -0.4 is 0 Å². The van der Waals surface area contributed by atoms with Gasteiger partial charge in [-0.2, -0.15) is 0 Å². The van der Waals surface area contributed by atoms with Crippen LogP contribution in [-0.2, 0) is 14.2 Å². The van der Waals surface area contributed by atoms with Crippen molar-refractivity contribution in [3.05, 3.63) is 11.6 Å². The van der Waals surface area contributed by atoms with E-state index in [0.717, 1.165) is 50.5 Å². The summed E-state index contributed by atoms with van der Waals surface area (Å²) < 4.78 is 16.2. The maximum absolute atomic E-state index is 12.0. The van der Waals surface area contributed by atoms with Gasteiger partial charge in [-0.15, -0.1) is 0 Å². The summed E-state index contributed by atoms with van der Waals surface area (Å²) in [6.45, 7) is 15.7. The summed E-state index contributed by atoms with van der Waals surface area (Å²) >= 11 is 0. The van der Waals surface area contributed by atoms with Crippen molar-refractivity contribution in [2.75, 3.05) is 13.7 Å². The van der Waals surface area contributed by atoms with Gasteiger partial charge < -0.3 is 44.8 Å². The molecule has 1 heterocycles. The number of rotatable bonds is 8. The van der Waals surface area contributed by atoms with E-state index >= 15 is 0 Å². The Morgan fingerprint density at radius 2 is 1.56 bits per heavy atom. The van der Waals surface area contributed by atoms with Crippen molar-refractivity contribution in [1.29, 1.82) is 0 Å². The van der Waals surface area contributed by atoms with E-state index in [1.54, 1.807) is 0 Å². The molecule has 260 valence electrons. The number of hydrogen-bond donors (Lipinski definition) is 6. The molecule has 9 heteroatoms. The maximum atomic E-state index is 12.0. The molecular weight excluding hydrogens is 576 g/mol. The monoisotopic (exact) mass is 638 g/mol. The van der Waals surface area contributed by atoms with Crippen LogP contribution in [0, 0.1) is 45.3 Å². The standard InChI is InChI=1S/C36H62O9/c1-20(19-44-31-28(41)26(39)27(40)30(43-8)45-31)10-9-15-36(7,42)22-13-17-34(5)21(22)11-12-24-33(4)16-14-25(38)32(2,3)29(33)23(37)18-35(24,34)6/h10,21-31,37-42H,9,11-19H2,1-8H3. The molecule has 9 nitrogen and oxygen atoms in total. The Bertz CT molecular complexity index is 1090. The zero-order valence-corrected chi connectivity index (χ0v) is 28.9. The first-order valence-electron chi connectivity index (χ1n) is 17.4. The largest absolute Gasteiger partial charge is 0.393 e. The van der Waals surface area contributed by atoms with Crippen LogP contribution in [0.5, 0.6) is 0 Å². The summed E-state index contributed by atoms with van der Waals surface area (Å²) in [5, 5.41) is 65.1. The zero-order valence-electron chi connectivity index (χ0n) is 28.9. The van der Waals surface area contributed by atoms with E-state index in [9.17, 15) is 30.6 Å². The molecule has 15 unspecified atom stereocenters. The second kappa shape index (κ2) is 12.4. The van der Waals surface area contributed by atoms with Gasteiger partial charge in [-0.1, -0.05) is 46.3 Å². The molecule has 0 aromatic carbocycles. The molecule has 0 spiro atoms. The third-order valence-electron chi connectivity index (χ3n) is 14.4. The van der Waals surface area contributed by atoms with Crippen molar-refractivity contribution in [1.82, 2.24) is 0 Å². The lowest BCUT2D eigenvalue weighted by Crippen LogP contribution is -2.68. The van der Waals surface area contributed by atoms with Crippen LogP contribution in [0.15, 0.2) is 11.6 Å². The van der Waals surface area contributed by atoms with Gasteiger partial charge in [-0.25, -0.2) is 0 Å². The maximum Gasteiger partial charge on any atom is 0.189 e. The highest BCUT2D eigenvalue weighted by atomic mass is 16.8. The molecule has 45 heavy (non-hydrogen) atoms. The molecule has 0 radical (unpaired) electrons. The van der Waals surface area contributed by atoms with E-state index in [2.05, 4.69) is 34.6 Å². The molecule has 15 atom stereocenters. The van der Waals surface area contributed by atoms with Gasteiger partial charge in [0.05, 0.1) is 24.4 Å². The summed E-state index contributed by atoms with van der Waals surface area (Å²) in [4.78, 5) is 0. The minimum absolute atomic E-state index is 0.0187. The average molecular weight is 639 g/mol. The van der Waals surface area contributed by atoms with Gasteiger partial charge in [-0.3, -0.25) is 0 Å². The number of fused-ring (bicyclic) bond motifs is 5. The Kier molecular flexibility index (Phi) is 9.80. The molecule has 5 aliphatic rings. The first kappa shape index (κ1) is 35.7. The van der Waals surface area contributed by atoms with Crippen LogP contribution in [0.1, 0.15) is 106 Å². The lowest BCUT2D eigenvalue weighted by Gasteiger charge is -2.71. The van der Waals surface area contributed by atoms with Crippen LogP contribution in [-0.4, -0.2) is 93.1 Å². The van der Waals surface area contributed by atoms with Crippen LogP contribution >= 0.6 is 0 Å². The van der Waals surface area contributed by atoms with Crippen molar-refractivity contribution in [2.45, 2.75) is 155 Å². The predicted molar refractivity (Wildman–Crippen MR) is 170 cm³/mol. The predicted octanol–water partition coefficient (Wildman–Crippen LogP) is 3.91. The van der Waals surface area contributed by atoms with E-state index in [0.29, 0.717) is 24.7 Å². The van der Waals surface area contributed by atoms with Gasteiger partial charge in [-0.05, 0) is 117 Å². The van der Waals surface area contributed by atoms with Crippen LogP contribution in [0.25, 0.3) is 0 Å². The summed E-state index contributed by atoms with van der Waals surface area (Å²) in [5.41, 5.74) is -0.264. The fraction of sp³-hybridized carbons (Fsp3) is 0.944. The molecule has 4 aliphatic carbocycles. The number of aliphatic hydroxyl groups excluding tert-OH is 5. The summed E-state index contributed by atoms with van der Waals surface area (Å²) in [6.07, 6.45) is 2.84. The van der Waals surface area contributed by atoms with E-state index < -0.39 is 42.6 Å². The number of ether oxygens (including phenoxy) is 3. The summed E-state index contributed by atoms with van der Waals surface area (Å²) in [5.74, 6) is 1.13. The Balaban J connectivity index is 1.23. The van der Waals surface area contributed by atoms with Crippen molar-refractivity contribution in [2.24, 2.45) is 45.3 Å². The molecule has 5 fully saturated rings. The third kappa shape index (κ3) is 5.68. The smallest absolute Gasteiger partial charge is 0.189 e. The second-order valence-electron chi connectivity index (χ2n) is 17.2. The van der Waals surface area contributed by atoms with Crippen molar-refractivity contribution in [3.8, 4) is 0 Å². The Labute approximate surface area is 270 Å². The van der Waals surface area contributed by atoms with Gasteiger partial charge in [0.2, 0.25) is 0 Å². The van der Waals surface area contributed by atoms with Gasteiger partial charge in [0.1, 0.15) is 18.3 Å². The molecule has 6 N–H and O–H groups in total. The highest BCUT2D eigenvalue weighted by Gasteiger charge is 2.71.